The maximum absolute atomic E-state index is 10.1. The molecule has 0 rings (SSSR count). The first-order chi connectivity index (χ1) is 6.08. The molecule has 0 aliphatic rings. The number of carbonyl (C=O) groups is 1. The van der Waals surface area contributed by atoms with Gasteiger partial charge in [-0.25, -0.2) is 0 Å². The molecule has 0 aliphatic carbocycles. The highest BCUT2D eigenvalue weighted by Crippen LogP contribution is 2.07. The van der Waals surface area contributed by atoms with Gasteiger partial charge in [0.1, 0.15) is 24.4 Å². The minimum Gasteiger partial charge on any atom is -0.394 e. The molecule has 13 heavy (non-hydrogen) atoms. The van der Waals surface area contributed by atoms with Crippen LogP contribution < -0.4 is 0 Å². The summed E-state index contributed by atoms with van der Waals surface area (Å²) in [6.07, 6.45) is -5.59. The van der Waals surface area contributed by atoms with Crippen LogP contribution in [0.15, 0.2) is 0 Å². The van der Waals surface area contributed by atoms with Crippen LogP contribution in [0, 0.1) is 0 Å². The zero-order valence-electron chi connectivity index (χ0n) is 7.20. The molecule has 0 radical (unpaired) electrons. The maximum atomic E-state index is 10.1. The smallest absolute Gasteiger partial charge is 0.151 e. The van der Waals surface area contributed by atoms with Gasteiger partial charge in [-0.1, -0.05) is 0 Å². The van der Waals surface area contributed by atoms with Crippen LogP contribution in [0.4, 0.5) is 0 Å². The Kier molecular flexibility index (Phi) is 5.76. The van der Waals surface area contributed by atoms with Crippen LogP contribution in [-0.4, -0.2) is 64.8 Å². The monoisotopic (exact) mass is 194 g/mol. The van der Waals surface area contributed by atoms with E-state index >= 15 is 0 Å². The third-order valence-electron chi connectivity index (χ3n) is 1.66. The van der Waals surface area contributed by atoms with Gasteiger partial charge in [0.2, 0.25) is 0 Å². The minimum atomic E-state index is -1.63. The number of hydrogen-bond acceptors (Lipinski definition) is 6. The molecule has 0 aromatic rings. The second kappa shape index (κ2) is 6.01. The summed E-state index contributed by atoms with van der Waals surface area (Å²) < 4.78 is 4.61. The number of carbonyl (C=O) groups excluding carboxylic acids is 1. The average Bonchev–Trinajstić information content (AvgIpc) is 2.17. The van der Waals surface area contributed by atoms with Crippen molar-refractivity contribution in [3.63, 3.8) is 0 Å². The van der Waals surface area contributed by atoms with E-state index in [4.69, 9.17) is 15.3 Å². The molecular formula is C7H14O6. The van der Waals surface area contributed by atoms with Crippen LogP contribution in [0.2, 0.25) is 0 Å². The van der Waals surface area contributed by atoms with E-state index in [1.807, 2.05) is 0 Å². The zero-order chi connectivity index (χ0) is 10.4. The van der Waals surface area contributed by atoms with Gasteiger partial charge in [-0.15, -0.1) is 0 Å². The van der Waals surface area contributed by atoms with Crippen LogP contribution in [0.1, 0.15) is 0 Å². The van der Waals surface area contributed by atoms with Crippen molar-refractivity contribution in [3.05, 3.63) is 0 Å². The Morgan fingerprint density at radius 1 is 1.38 bits per heavy atom. The molecule has 4 N–H and O–H groups in total. The topological polar surface area (TPSA) is 107 Å². The second-order valence-electron chi connectivity index (χ2n) is 2.57. The first kappa shape index (κ1) is 12.5. The molecule has 0 bridgehead atoms. The Hall–Kier alpha value is -0.530. The lowest BCUT2D eigenvalue weighted by Gasteiger charge is -2.26. The van der Waals surface area contributed by atoms with E-state index in [-0.39, 0.29) is 6.29 Å². The summed E-state index contributed by atoms with van der Waals surface area (Å²) in [6.45, 7) is -0.624. The summed E-state index contributed by atoms with van der Waals surface area (Å²) in [5, 5.41) is 35.7. The number of ether oxygens (including phenoxy) is 1. The first-order valence-corrected chi connectivity index (χ1v) is 3.71. The lowest BCUT2D eigenvalue weighted by molar-refractivity contribution is -0.142. The molecule has 0 unspecified atom stereocenters. The number of aliphatic hydroxyl groups is 4. The fourth-order valence-electron chi connectivity index (χ4n) is 0.903. The van der Waals surface area contributed by atoms with Crippen molar-refractivity contribution in [2.75, 3.05) is 13.7 Å². The molecule has 0 aromatic heterocycles. The standard InChI is InChI=1S/C7H14O6/c1-13-7(5(11)3-9)6(12)4(10)2-8/h2,4-7,9-12H,3H2,1H3/t4-,5+,6+,7+/m0/s1. The van der Waals surface area contributed by atoms with E-state index in [1.54, 1.807) is 0 Å². The Morgan fingerprint density at radius 3 is 2.23 bits per heavy atom. The Morgan fingerprint density at radius 2 is 1.92 bits per heavy atom. The Bertz CT molecular complexity index is 150. The number of methoxy groups -OCH3 is 1. The van der Waals surface area contributed by atoms with Gasteiger partial charge in [0.05, 0.1) is 6.61 Å². The highest BCUT2D eigenvalue weighted by Gasteiger charge is 2.31. The summed E-state index contributed by atoms with van der Waals surface area (Å²) in [5.41, 5.74) is 0. The number of rotatable bonds is 6. The molecule has 6 heteroatoms. The third-order valence-corrected chi connectivity index (χ3v) is 1.66. The molecule has 0 saturated carbocycles. The Labute approximate surface area is 75.4 Å². The highest BCUT2D eigenvalue weighted by molar-refractivity contribution is 5.56. The van der Waals surface area contributed by atoms with Crippen molar-refractivity contribution in [3.8, 4) is 0 Å². The number of aliphatic hydroxyl groups excluding tert-OH is 4. The average molecular weight is 194 g/mol. The molecule has 0 amide bonds. The van der Waals surface area contributed by atoms with E-state index in [0.29, 0.717) is 0 Å². The van der Waals surface area contributed by atoms with E-state index < -0.39 is 31.0 Å². The van der Waals surface area contributed by atoms with E-state index in [9.17, 15) is 9.90 Å². The van der Waals surface area contributed by atoms with Crippen LogP contribution in [0.5, 0.6) is 0 Å². The van der Waals surface area contributed by atoms with Crippen molar-refractivity contribution in [2.45, 2.75) is 24.4 Å². The predicted octanol–water partition coefficient (Wildman–Crippen LogP) is -2.72. The molecule has 6 nitrogen and oxygen atoms in total. The van der Waals surface area contributed by atoms with Gasteiger partial charge in [-0.05, 0) is 0 Å². The largest absolute Gasteiger partial charge is 0.394 e. The maximum Gasteiger partial charge on any atom is 0.151 e. The van der Waals surface area contributed by atoms with Crippen molar-refractivity contribution >= 4 is 6.29 Å². The molecule has 0 saturated heterocycles. The van der Waals surface area contributed by atoms with Crippen LogP contribution >= 0.6 is 0 Å². The summed E-state index contributed by atoms with van der Waals surface area (Å²) in [7, 11) is 1.18. The minimum absolute atomic E-state index is 0.126. The molecular weight excluding hydrogens is 180 g/mol. The summed E-state index contributed by atoms with van der Waals surface area (Å²) in [6, 6.07) is 0. The van der Waals surface area contributed by atoms with Gasteiger partial charge < -0.3 is 30.0 Å². The van der Waals surface area contributed by atoms with E-state index in [2.05, 4.69) is 4.74 Å². The SMILES string of the molecule is CO[C@@H]([C@H](O)[C@@H](O)C=O)[C@H](O)CO. The molecule has 78 valence electrons. The fourth-order valence-corrected chi connectivity index (χ4v) is 0.903. The van der Waals surface area contributed by atoms with Gasteiger partial charge in [0.15, 0.2) is 6.29 Å². The van der Waals surface area contributed by atoms with Crippen molar-refractivity contribution in [1.82, 2.24) is 0 Å². The molecule has 0 fully saturated rings. The predicted molar refractivity (Wildman–Crippen MR) is 42.0 cm³/mol. The van der Waals surface area contributed by atoms with Crippen LogP contribution in [0.3, 0.4) is 0 Å². The fraction of sp³-hybridized carbons (Fsp3) is 0.857. The quantitative estimate of drug-likeness (QED) is 0.342. The zero-order valence-corrected chi connectivity index (χ0v) is 7.20. The highest BCUT2D eigenvalue weighted by atomic mass is 16.5. The Balaban J connectivity index is 4.29. The number of hydrogen-bond donors (Lipinski definition) is 4. The number of aldehydes is 1. The second-order valence-corrected chi connectivity index (χ2v) is 2.57. The van der Waals surface area contributed by atoms with E-state index in [0.717, 1.165) is 0 Å². The summed E-state index contributed by atoms with van der Waals surface area (Å²) in [4.78, 5) is 10.1. The van der Waals surface area contributed by atoms with Crippen molar-refractivity contribution < 1.29 is 30.0 Å². The van der Waals surface area contributed by atoms with Gasteiger partial charge in [-0.3, -0.25) is 0 Å². The molecule has 0 aliphatic heterocycles. The molecule has 0 heterocycles. The first-order valence-electron chi connectivity index (χ1n) is 3.71. The summed E-state index contributed by atoms with van der Waals surface area (Å²) >= 11 is 0. The molecule has 0 spiro atoms. The van der Waals surface area contributed by atoms with Crippen LogP contribution in [0.25, 0.3) is 0 Å². The van der Waals surface area contributed by atoms with Gasteiger partial charge in [0.25, 0.3) is 0 Å². The molecule has 0 aromatic carbocycles. The van der Waals surface area contributed by atoms with Gasteiger partial charge in [-0.2, -0.15) is 0 Å². The van der Waals surface area contributed by atoms with Crippen LogP contribution in [-0.2, 0) is 9.53 Å². The summed E-state index contributed by atoms with van der Waals surface area (Å²) in [5.74, 6) is 0. The van der Waals surface area contributed by atoms with E-state index in [1.165, 1.54) is 7.11 Å². The lowest BCUT2D eigenvalue weighted by atomic mass is 10.0. The van der Waals surface area contributed by atoms with Crippen molar-refractivity contribution in [2.24, 2.45) is 0 Å². The normalized spacial score (nSPS) is 20.4. The molecule has 4 atom stereocenters. The van der Waals surface area contributed by atoms with Gasteiger partial charge in [0, 0.05) is 7.11 Å². The van der Waals surface area contributed by atoms with Gasteiger partial charge >= 0.3 is 0 Å². The lowest BCUT2D eigenvalue weighted by Crippen LogP contribution is -2.47. The van der Waals surface area contributed by atoms with Crippen molar-refractivity contribution in [1.29, 1.82) is 0 Å². The third kappa shape index (κ3) is 3.37.